The van der Waals surface area contributed by atoms with E-state index in [1.165, 1.54) is 0 Å². The molecule has 9 nitrogen and oxygen atoms in total. The van der Waals surface area contributed by atoms with Crippen molar-refractivity contribution >= 4 is 5.91 Å². The molecule has 1 amide bonds. The van der Waals surface area contributed by atoms with Crippen molar-refractivity contribution in [3.63, 3.8) is 0 Å². The number of nitrogens with zero attached hydrogens (tertiary/aromatic N) is 4. The summed E-state index contributed by atoms with van der Waals surface area (Å²) < 4.78 is 21.8. The van der Waals surface area contributed by atoms with Gasteiger partial charge in [-0.3, -0.25) is 4.79 Å². The molecule has 0 aliphatic carbocycles. The van der Waals surface area contributed by atoms with Gasteiger partial charge in [-0.25, -0.2) is 0 Å². The van der Waals surface area contributed by atoms with Gasteiger partial charge in [-0.05, 0) is 31.5 Å². The molecule has 29 heavy (non-hydrogen) atoms. The molecule has 1 aliphatic heterocycles. The monoisotopic (exact) mass is 398 g/mol. The number of aryl methyl sites for hydroxylation is 2. The van der Waals surface area contributed by atoms with Crippen LogP contribution in [0.2, 0.25) is 0 Å². The predicted octanol–water partition coefficient (Wildman–Crippen LogP) is 2.96. The molecular formula is C20H22N4O5. The van der Waals surface area contributed by atoms with E-state index >= 15 is 0 Å². The molecule has 0 radical (unpaired) electrons. The molecule has 0 bridgehead atoms. The van der Waals surface area contributed by atoms with E-state index in [2.05, 4.69) is 15.4 Å². The third-order valence-electron chi connectivity index (χ3n) is 4.89. The first kappa shape index (κ1) is 19.0. The Morgan fingerprint density at radius 2 is 1.97 bits per heavy atom. The molecule has 0 N–H and O–H groups in total. The van der Waals surface area contributed by atoms with Crippen molar-refractivity contribution in [2.75, 3.05) is 20.3 Å². The zero-order valence-corrected chi connectivity index (χ0v) is 16.5. The molecular weight excluding hydrogens is 376 g/mol. The maximum Gasteiger partial charge on any atom is 0.269 e. The molecule has 2 aromatic heterocycles. The minimum atomic E-state index is -0.116. The number of aromatic nitrogens is 3. The fourth-order valence-electron chi connectivity index (χ4n) is 3.07. The Balaban J connectivity index is 1.36. The normalized spacial score (nSPS) is 13.9. The maximum atomic E-state index is 12.7. The lowest BCUT2D eigenvalue weighted by molar-refractivity contribution is -0.131. The van der Waals surface area contributed by atoms with Crippen LogP contribution >= 0.6 is 0 Å². The lowest BCUT2D eigenvalue weighted by Crippen LogP contribution is -2.30. The van der Waals surface area contributed by atoms with Gasteiger partial charge >= 0.3 is 0 Å². The first-order chi connectivity index (χ1) is 14.0. The highest BCUT2D eigenvalue weighted by atomic mass is 16.6. The summed E-state index contributed by atoms with van der Waals surface area (Å²) in [6.45, 7) is 4.83. The first-order valence-electron chi connectivity index (χ1n) is 9.42. The Kier molecular flexibility index (Phi) is 5.20. The van der Waals surface area contributed by atoms with Crippen LogP contribution in [0.3, 0.4) is 0 Å². The Morgan fingerprint density at radius 1 is 1.17 bits per heavy atom. The number of hydrogen-bond donors (Lipinski definition) is 0. The van der Waals surface area contributed by atoms with Crippen molar-refractivity contribution in [2.45, 2.75) is 32.7 Å². The molecule has 1 unspecified atom stereocenters. The summed E-state index contributed by atoms with van der Waals surface area (Å²) in [5.74, 6) is 2.74. The molecule has 152 valence electrons. The lowest BCUT2D eigenvalue weighted by Gasteiger charge is -2.27. The van der Waals surface area contributed by atoms with Gasteiger partial charge in [0.25, 0.3) is 5.89 Å². The maximum absolute atomic E-state index is 12.7. The molecule has 3 aromatic rings. The highest BCUT2D eigenvalue weighted by Crippen LogP contribution is 2.33. The van der Waals surface area contributed by atoms with E-state index < -0.39 is 0 Å². The molecule has 4 rings (SSSR count). The highest BCUT2D eigenvalue weighted by molar-refractivity contribution is 5.76. The van der Waals surface area contributed by atoms with Gasteiger partial charge in [-0.15, -0.1) is 10.2 Å². The van der Waals surface area contributed by atoms with Crippen LogP contribution in [0.25, 0.3) is 11.6 Å². The molecule has 1 aliphatic rings. The van der Waals surface area contributed by atoms with Crippen molar-refractivity contribution in [3.8, 4) is 23.1 Å². The number of rotatable bonds is 6. The minimum absolute atomic E-state index is 0.0237. The summed E-state index contributed by atoms with van der Waals surface area (Å²) in [6.07, 6.45) is 0.603. The lowest BCUT2D eigenvalue weighted by atomic mass is 10.1. The Hall–Kier alpha value is -3.36. The average Bonchev–Trinajstić information content (AvgIpc) is 3.39. The van der Waals surface area contributed by atoms with Crippen molar-refractivity contribution in [1.82, 2.24) is 20.3 Å². The number of carbonyl (C=O) groups excluding carboxylic acids is 1. The van der Waals surface area contributed by atoms with E-state index in [4.69, 9.17) is 18.4 Å². The highest BCUT2D eigenvalue weighted by Gasteiger charge is 2.21. The van der Waals surface area contributed by atoms with Crippen molar-refractivity contribution in [3.05, 3.63) is 41.5 Å². The third kappa shape index (κ3) is 4.08. The Bertz CT molecular complexity index is 1010. The van der Waals surface area contributed by atoms with E-state index in [1.54, 1.807) is 24.9 Å². The Morgan fingerprint density at radius 3 is 2.72 bits per heavy atom. The van der Waals surface area contributed by atoms with Gasteiger partial charge in [-0.2, -0.15) is 0 Å². The van der Waals surface area contributed by atoms with E-state index in [9.17, 15) is 4.79 Å². The van der Waals surface area contributed by atoms with Crippen LogP contribution in [0.1, 0.15) is 36.6 Å². The first-order valence-corrected chi connectivity index (χ1v) is 9.42. The summed E-state index contributed by atoms with van der Waals surface area (Å²) in [5, 5.41) is 11.8. The van der Waals surface area contributed by atoms with Gasteiger partial charge in [0.1, 0.15) is 19.0 Å². The van der Waals surface area contributed by atoms with Gasteiger partial charge < -0.3 is 23.3 Å². The summed E-state index contributed by atoms with van der Waals surface area (Å²) >= 11 is 0. The fraction of sp³-hybridized carbons (Fsp3) is 0.400. The summed E-state index contributed by atoms with van der Waals surface area (Å²) in [5.41, 5.74) is 1.46. The molecule has 0 saturated heterocycles. The second kappa shape index (κ2) is 7.94. The second-order valence-electron chi connectivity index (χ2n) is 6.91. The van der Waals surface area contributed by atoms with Gasteiger partial charge in [0.15, 0.2) is 17.2 Å². The van der Waals surface area contributed by atoms with Crippen molar-refractivity contribution < 1.29 is 23.2 Å². The van der Waals surface area contributed by atoms with Crippen LogP contribution in [0.5, 0.6) is 11.5 Å². The van der Waals surface area contributed by atoms with Gasteiger partial charge in [0, 0.05) is 26.0 Å². The predicted molar refractivity (Wildman–Crippen MR) is 101 cm³/mol. The molecule has 1 aromatic carbocycles. The van der Waals surface area contributed by atoms with Crippen LogP contribution in [-0.2, 0) is 11.2 Å². The fourth-order valence-corrected chi connectivity index (χ4v) is 3.07. The smallest absolute Gasteiger partial charge is 0.269 e. The van der Waals surface area contributed by atoms with Gasteiger partial charge in [0.05, 0.1) is 6.04 Å². The zero-order chi connectivity index (χ0) is 20.4. The molecule has 1 atom stereocenters. The molecule has 0 saturated carbocycles. The molecule has 3 heterocycles. The van der Waals surface area contributed by atoms with Crippen LogP contribution in [0.4, 0.5) is 0 Å². The number of ether oxygens (including phenoxy) is 2. The largest absolute Gasteiger partial charge is 0.486 e. The van der Waals surface area contributed by atoms with E-state index in [-0.39, 0.29) is 24.3 Å². The van der Waals surface area contributed by atoms with E-state index in [0.717, 1.165) is 11.3 Å². The molecule has 0 spiro atoms. The quantitative estimate of drug-likeness (QED) is 0.624. The minimum Gasteiger partial charge on any atom is -0.486 e. The zero-order valence-electron chi connectivity index (χ0n) is 16.5. The standard InChI is InChI=1S/C20H22N4O5/c1-12-10-15(23-29-12)20-22-21-18(28-20)6-7-19(25)24(3)13(2)14-4-5-16-17(11-14)27-9-8-26-16/h4-5,10-11,13H,6-9H2,1-3H3. The number of fused-ring (bicyclic) bond motifs is 1. The molecule has 9 heteroatoms. The van der Waals surface area contributed by atoms with Crippen LogP contribution in [0.15, 0.2) is 33.2 Å². The van der Waals surface area contributed by atoms with Crippen LogP contribution in [-0.4, -0.2) is 46.4 Å². The van der Waals surface area contributed by atoms with Gasteiger partial charge in [0.2, 0.25) is 11.8 Å². The number of amides is 1. The molecule has 0 fully saturated rings. The average molecular weight is 398 g/mol. The SMILES string of the molecule is Cc1cc(-c2nnc(CCC(=O)N(C)C(C)c3ccc4c(c3)OCCO4)o2)no1. The topological polar surface area (TPSA) is 104 Å². The van der Waals surface area contributed by atoms with Gasteiger partial charge in [-0.1, -0.05) is 11.2 Å². The Labute approximate surface area is 167 Å². The summed E-state index contributed by atoms with van der Waals surface area (Å²) in [7, 11) is 1.78. The number of benzene rings is 1. The number of carbonyl (C=O) groups is 1. The van der Waals surface area contributed by atoms with Crippen molar-refractivity contribution in [1.29, 1.82) is 0 Å². The summed E-state index contributed by atoms with van der Waals surface area (Å²) in [4.78, 5) is 14.4. The third-order valence-corrected chi connectivity index (χ3v) is 4.89. The second-order valence-corrected chi connectivity index (χ2v) is 6.91. The van der Waals surface area contributed by atoms with E-state index in [0.29, 0.717) is 42.7 Å². The summed E-state index contributed by atoms with van der Waals surface area (Å²) in [6, 6.07) is 7.35. The van der Waals surface area contributed by atoms with Crippen LogP contribution < -0.4 is 9.47 Å². The van der Waals surface area contributed by atoms with Crippen molar-refractivity contribution in [2.24, 2.45) is 0 Å². The van der Waals surface area contributed by atoms with Crippen LogP contribution in [0, 0.1) is 6.92 Å². The number of hydrogen-bond acceptors (Lipinski definition) is 8. The van der Waals surface area contributed by atoms with E-state index in [1.807, 2.05) is 25.1 Å².